The Morgan fingerprint density at radius 1 is 1.18 bits per heavy atom. The van der Waals surface area contributed by atoms with E-state index in [1.165, 1.54) is 5.57 Å². The molecule has 200 valence electrons. The molecule has 1 saturated heterocycles. The van der Waals surface area contributed by atoms with Crippen molar-refractivity contribution in [3.63, 3.8) is 0 Å². The van der Waals surface area contributed by atoms with E-state index >= 15 is 0 Å². The van der Waals surface area contributed by atoms with Gasteiger partial charge in [-0.3, -0.25) is 9.88 Å². The van der Waals surface area contributed by atoms with Crippen molar-refractivity contribution in [1.82, 2.24) is 24.4 Å². The van der Waals surface area contributed by atoms with E-state index in [9.17, 15) is 9.90 Å². The fourth-order valence-electron chi connectivity index (χ4n) is 5.05. The van der Waals surface area contributed by atoms with Gasteiger partial charge in [0.05, 0.1) is 41.5 Å². The predicted octanol–water partition coefficient (Wildman–Crippen LogP) is 4.49. The molecule has 1 N–H and O–H groups in total. The van der Waals surface area contributed by atoms with Crippen LogP contribution in [0.5, 0.6) is 5.88 Å². The van der Waals surface area contributed by atoms with E-state index in [0.29, 0.717) is 25.6 Å². The largest absolute Gasteiger partial charge is 0.478 e. The summed E-state index contributed by atoms with van der Waals surface area (Å²) in [5, 5.41) is 9.49. The summed E-state index contributed by atoms with van der Waals surface area (Å²) >= 11 is 0. The first kappa shape index (κ1) is 25.2. The van der Waals surface area contributed by atoms with E-state index in [4.69, 9.17) is 19.4 Å². The van der Waals surface area contributed by atoms with Gasteiger partial charge in [-0.05, 0) is 55.7 Å². The number of aromatic nitrogens is 4. The van der Waals surface area contributed by atoms with Crippen LogP contribution in [-0.2, 0) is 24.4 Å². The first-order valence-electron chi connectivity index (χ1n) is 13.3. The highest BCUT2D eigenvalue weighted by atomic mass is 16.5. The van der Waals surface area contributed by atoms with Crippen LogP contribution in [0.25, 0.3) is 16.6 Å². The standard InChI is InChI=1S/C30H31N5O4/c1-20-23(4-3-12-31-20)19-39-29-6-2-5-25(33-29)21-9-13-34(14-10-21)18-28-32-26-8-7-22(30(36)37)16-27(26)35(28)17-24-11-15-38-24/h2-9,12,16,24H,10-11,13-15,17-19H2,1H3,(H,36,37)/t24-/m0/s1. The van der Waals surface area contributed by atoms with E-state index in [-0.39, 0.29) is 11.7 Å². The summed E-state index contributed by atoms with van der Waals surface area (Å²) in [5.74, 6) is 0.598. The van der Waals surface area contributed by atoms with Crippen molar-refractivity contribution in [2.45, 2.75) is 45.6 Å². The van der Waals surface area contributed by atoms with Crippen LogP contribution >= 0.6 is 0 Å². The first-order chi connectivity index (χ1) is 19.0. The fourth-order valence-corrected chi connectivity index (χ4v) is 5.05. The molecule has 3 aromatic heterocycles. The third-order valence-electron chi connectivity index (χ3n) is 7.46. The van der Waals surface area contributed by atoms with Gasteiger partial charge in [0.25, 0.3) is 0 Å². The number of rotatable bonds is 9. The van der Waals surface area contributed by atoms with Gasteiger partial charge in [0, 0.05) is 43.2 Å². The summed E-state index contributed by atoms with van der Waals surface area (Å²) in [6, 6.07) is 15.0. The first-order valence-corrected chi connectivity index (χ1v) is 13.3. The number of carbonyl (C=O) groups is 1. The van der Waals surface area contributed by atoms with Crippen molar-refractivity contribution in [2.24, 2.45) is 0 Å². The van der Waals surface area contributed by atoms with Gasteiger partial charge in [0.15, 0.2) is 0 Å². The van der Waals surface area contributed by atoms with Gasteiger partial charge in [-0.2, -0.15) is 0 Å². The highest BCUT2D eigenvalue weighted by Crippen LogP contribution is 2.26. The lowest BCUT2D eigenvalue weighted by Gasteiger charge is -2.29. The number of aromatic carboxylic acids is 1. The predicted molar refractivity (Wildman–Crippen MR) is 146 cm³/mol. The molecule has 0 radical (unpaired) electrons. The number of pyridine rings is 2. The molecule has 4 aromatic rings. The summed E-state index contributed by atoms with van der Waals surface area (Å²) in [7, 11) is 0. The second-order valence-electron chi connectivity index (χ2n) is 10.0. The molecule has 9 nitrogen and oxygen atoms in total. The van der Waals surface area contributed by atoms with Gasteiger partial charge < -0.3 is 19.1 Å². The number of imidazole rings is 1. The molecule has 0 saturated carbocycles. The summed E-state index contributed by atoms with van der Waals surface area (Å²) in [4.78, 5) is 27.9. The quantitative estimate of drug-likeness (QED) is 0.341. The Morgan fingerprint density at radius 2 is 2.08 bits per heavy atom. The Balaban J connectivity index is 1.15. The number of hydrogen-bond acceptors (Lipinski definition) is 7. The van der Waals surface area contributed by atoms with Crippen LogP contribution in [-0.4, -0.2) is 61.3 Å². The molecule has 0 unspecified atom stereocenters. The Bertz CT molecular complexity index is 1540. The number of nitrogens with zero attached hydrogens (tertiary/aromatic N) is 5. The number of fused-ring (bicyclic) bond motifs is 1. The molecule has 9 heteroatoms. The van der Waals surface area contributed by atoms with E-state index < -0.39 is 5.97 Å². The highest BCUT2D eigenvalue weighted by molar-refractivity contribution is 5.92. The maximum Gasteiger partial charge on any atom is 0.335 e. The minimum atomic E-state index is -0.935. The molecule has 0 bridgehead atoms. The monoisotopic (exact) mass is 525 g/mol. The summed E-state index contributed by atoms with van der Waals surface area (Å²) in [6.07, 6.45) is 6.03. The average Bonchev–Trinajstić information content (AvgIpc) is 3.26. The lowest BCUT2D eigenvalue weighted by atomic mass is 10.0. The third-order valence-corrected chi connectivity index (χ3v) is 7.46. The van der Waals surface area contributed by atoms with Gasteiger partial charge in [-0.15, -0.1) is 0 Å². The smallest absolute Gasteiger partial charge is 0.335 e. The Labute approximate surface area is 226 Å². The molecule has 1 fully saturated rings. The molecule has 0 spiro atoms. The molecule has 2 aliphatic heterocycles. The Kier molecular flexibility index (Phi) is 7.08. The molecular formula is C30H31N5O4. The fraction of sp³-hybridized carbons (Fsp3) is 0.333. The Hall–Kier alpha value is -4.08. The van der Waals surface area contributed by atoms with Crippen LogP contribution in [0.15, 0.2) is 60.8 Å². The number of carboxylic acid groups (broad SMARTS) is 1. The zero-order chi connectivity index (χ0) is 26.8. The van der Waals surface area contributed by atoms with E-state index in [1.54, 1.807) is 24.4 Å². The van der Waals surface area contributed by atoms with E-state index in [2.05, 4.69) is 20.5 Å². The van der Waals surface area contributed by atoms with E-state index in [1.807, 2.05) is 37.3 Å². The average molecular weight is 526 g/mol. The van der Waals surface area contributed by atoms with Gasteiger partial charge in [-0.25, -0.2) is 14.8 Å². The van der Waals surface area contributed by atoms with Crippen molar-refractivity contribution in [1.29, 1.82) is 0 Å². The number of ether oxygens (including phenoxy) is 2. The SMILES string of the molecule is Cc1ncccc1COc1cccc(C2=CCN(Cc3nc4ccc(C(=O)O)cc4n3C[C@@H]3CCO3)CC2)n1. The molecule has 2 aliphatic rings. The maximum atomic E-state index is 11.6. The van der Waals surface area contributed by atoms with Gasteiger partial charge >= 0.3 is 5.97 Å². The maximum absolute atomic E-state index is 11.6. The summed E-state index contributed by atoms with van der Waals surface area (Å²) in [5.41, 5.74) is 6.07. The second-order valence-corrected chi connectivity index (χ2v) is 10.0. The third kappa shape index (κ3) is 5.55. The highest BCUT2D eigenvalue weighted by Gasteiger charge is 2.24. The zero-order valence-corrected chi connectivity index (χ0v) is 21.9. The van der Waals surface area contributed by atoms with Crippen LogP contribution in [0.4, 0.5) is 0 Å². The second kappa shape index (κ2) is 11.0. The molecule has 6 rings (SSSR count). The summed E-state index contributed by atoms with van der Waals surface area (Å²) < 4.78 is 13.8. The molecular weight excluding hydrogens is 494 g/mol. The number of carboxylic acids is 1. The van der Waals surface area contributed by atoms with Crippen molar-refractivity contribution in [2.75, 3.05) is 19.7 Å². The van der Waals surface area contributed by atoms with E-state index in [0.717, 1.165) is 66.3 Å². The van der Waals surface area contributed by atoms with Crippen molar-refractivity contribution in [3.8, 4) is 5.88 Å². The van der Waals surface area contributed by atoms with Crippen LogP contribution < -0.4 is 4.74 Å². The van der Waals surface area contributed by atoms with Crippen LogP contribution in [0.3, 0.4) is 0 Å². The number of aryl methyl sites for hydroxylation is 1. The molecule has 1 atom stereocenters. The van der Waals surface area contributed by atoms with Gasteiger partial charge in [-0.1, -0.05) is 18.2 Å². The number of benzene rings is 1. The van der Waals surface area contributed by atoms with Crippen LogP contribution in [0, 0.1) is 6.92 Å². The van der Waals surface area contributed by atoms with Gasteiger partial charge in [0.1, 0.15) is 12.4 Å². The minimum Gasteiger partial charge on any atom is -0.478 e. The van der Waals surface area contributed by atoms with Crippen LogP contribution in [0.2, 0.25) is 0 Å². The molecule has 5 heterocycles. The minimum absolute atomic E-state index is 0.144. The van der Waals surface area contributed by atoms with Crippen LogP contribution in [0.1, 0.15) is 46.0 Å². The molecule has 39 heavy (non-hydrogen) atoms. The lowest BCUT2D eigenvalue weighted by molar-refractivity contribution is -0.0591. The molecule has 0 aliphatic carbocycles. The van der Waals surface area contributed by atoms with Crippen molar-refractivity contribution in [3.05, 3.63) is 89.1 Å². The Morgan fingerprint density at radius 3 is 2.82 bits per heavy atom. The lowest BCUT2D eigenvalue weighted by Crippen LogP contribution is -2.33. The zero-order valence-electron chi connectivity index (χ0n) is 21.9. The normalized spacial score (nSPS) is 17.6. The topological polar surface area (TPSA) is 103 Å². The van der Waals surface area contributed by atoms with Crippen molar-refractivity contribution >= 4 is 22.6 Å². The van der Waals surface area contributed by atoms with Gasteiger partial charge in [0.2, 0.25) is 5.88 Å². The van der Waals surface area contributed by atoms with Crippen molar-refractivity contribution < 1.29 is 19.4 Å². The number of hydrogen-bond donors (Lipinski definition) is 1. The molecule has 1 aromatic carbocycles. The molecule has 0 amide bonds. The summed E-state index contributed by atoms with van der Waals surface area (Å²) in [6.45, 7) is 6.19.